The second-order valence-electron chi connectivity index (χ2n) is 4.19. The summed E-state index contributed by atoms with van der Waals surface area (Å²) in [5, 5.41) is 3.44. The molecule has 90 valence electrons. The summed E-state index contributed by atoms with van der Waals surface area (Å²) in [6.45, 7) is 14.0. The molecule has 0 amide bonds. The zero-order chi connectivity index (χ0) is 11.7. The van der Waals surface area contributed by atoms with Gasteiger partial charge in [0.2, 0.25) is 0 Å². The maximum absolute atomic E-state index is 5.10. The molecule has 0 aliphatic carbocycles. The van der Waals surface area contributed by atoms with Crippen molar-refractivity contribution in [3.05, 3.63) is 12.7 Å². The minimum absolute atomic E-state index is 0.514. The van der Waals surface area contributed by atoms with Gasteiger partial charge in [-0.25, -0.2) is 0 Å². The van der Waals surface area contributed by atoms with Crippen molar-refractivity contribution in [1.29, 1.82) is 0 Å². The highest BCUT2D eigenvalue weighted by molar-refractivity contribution is 4.78. The van der Waals surface area contributed by atoms with Crippen LogP contribution in [-0.2, 0) is 4.74 Å². The number of ether oxygens (including phenoxy) is 1. The lowest BCUT2D eigenvalue weighted by Gasteiger charge is -2.28. The van der Waals surface area contributed by atoms with Gasteiger partial charge < -0.3 is 10.1 Å². The molecule has 3 heteroatoms. The highest BCUT2D eigenvalue weighted by Crippen LogP contribution is 1.98. The predicted octanol–water partition coefficient (Wildman–Crippen LogP) is 1.51. The minimum atomic E-state index is 0.514. The van der Waals surface area contributed by atoms with Crippen LogP contribution in [0.4, 0.5) is 0 Å². The highest BCUT2D eigenvalue weighted by atomic mass is 16.5. The lowest BCUT2D eigenvalue weighted by atomic mass is 10.2. The molecular formula is C12H26N2O. The Hall–Kier alpha value is -0.380. The average Bonchev–Trinajstić information content (AvgIpc) is 2.20. The normalized spacial score (nSPS) is 13.5. The fraction of sp³-hybridized carbons (Fsp3) is 0.833. The van der Waals surface area contributed by atoms with Crippen molar-refractivity contribution in [2.45, 2.75) is 32.9 Å². The van der Waals surface area contributed by atoms with Gasteiger partial charge in [-0.05, 0) is 6.92 Å². The molecule has 0 bridgehead atoms. The molecule has 0 aromatic rings. The first-order valence-electron chi connectivity index (χ1n) is 5.69. The van der Waals surface area contributed by atoms with Gasteiger partial charge in [-0.15, -0.1) is 6.58 Å². The van der Waals surface area contributed by atoms with Crippen molar-refractivity contribution in [2.24, 2.45) is 0 Å². The fourth-order valence-electron chi connectivity index (χ4n) is 1.40. The fourth-order valence-corrected chi connectivity index (χ4v) is 1.40. The van der Waals surface area contributed by atoms with Gasteiger partial charge in [0.25, 0.3) is 0 Å². The Bertz CT molecular complexity index is 160. The molecule has 0 aliphatic heterocycles. The van der Waals surface area contributed by atoms with Crippen LogP contribution in [0.5, 0.6) is 0 Å². The molecule has 3 nitrogen and oxygen atoms in total. The van der Waals surface area contributed by atoms with E-state index in [4.69, 9.17) is 4.74 Å². The molecule has 1 N–H and O–H groups in total. The van der Waals surface area contributed by atoms with Gasteiger partial charge in [0.05, 0.1) is 6.61 Å². The second-order valence-corrected chi connectivity index (χ2v) is 4.19. The SMILES string of the molecule is C=CCN(CCOC)C(C)CNC(C)C. The first kappa shape index (κ1) is 14.6. The first-order valence-corrected chi connectivity index (χ1v) is 5.69. The summed E-state index contributed by atoms with van der Waals surface area (Å²) >= 11 is 0. The van der Waals surface area contributed by atoms with Gasteiger partial charge in [-0.2, -0.15) is 0 Å². The summed E-state index contributed by atoms with van der Waals surface area (Å²) in [6.07, 6.45) is 1.95. The van der Waals surface area contributed by atoms with Gasteiger partial charge in [0, 0.05) is 38.8 Å². The van der Waals surface area contributed by atoms with Crippen LogP contribution in [0.15, 0.2) is 12.7 Å². The van der Waals surface area contributed by atoms with Crippen LogP contribution in [0.3, 0.4) is 0 Å². The van der Waals surface area contributed by atoms with Crippen molar-refractivity contribution < 1.29 is 4.74 Å². The standard InChI is InChI=1S/C12H26N2O/c1-6-7-14(8-9-15-5)12(4)10-13-11(2)3/h6,11-13H,1,7-10H2,2-5H3. The maximum Gasteiger partial charge on any atom is 0.0589 e. The summed E-state index contributed by atoms with van der Waals surface area (Å²) in [7, 11) is 1.74. The molecule has 0 rings (SSSR count). The Morgan fingerprint density at radius 3 is 2.53 bits per heavy atom. The van der Waals surface area contributed by atoms with Crippen molar-refractivity contribution in [1.82, 2.24) is 10.2 Å². The molecule has 0 aromatic heterocycles. The number of nitrogens with zero attached hydrogens (tertiary/aromatic N) is 1. The topological polar surface area (TPSA) is 24.5 Å². The highest BCUT2D eigenvalue weighted by Gasteiger charge is 2.11. The van der Waals surface area contributed by atoms with E-state index in [0.29, 0.717) is 12.1 Å². The van der Waals surface area contributed by atoms with Crippen molar-refractivity contribution in [3.8, 4) is 0 Å². The van der Waals surface area contributed by atoms with Gasteiger partial charge in [0.15, 0.2) is 0 Å². The molecule has 0 saturated carbocycles. The third-order valence-electron chi connectivity index (χ3n) is 2.39. The molecule has 0 aliphatic rings. The smallest absolute Gasteiger partial charge is 0.0589 e. The van der Waals surface area contributed by atoms with E-state index in [9.17, 15) is 0 Å². The zero-order valence-corrected chi connectivity index (χ0v) is 10.6. The van der Waals surface area contributed by atoms with Gasteiger partial charge in [-0.1, -0.05) is 19.9 Å². The second kappa shape index (κ2) is 8.89. The van der Waals surface area contributed by atoms with Crippen LogP contribution in [0.25, 0.3) is 0 Å². The lowest BCUT2D eigenvalue weighted by Crippen LogP contribution is -2.43. The van der Waals surface area contributed by atoms with Crippen LogP contribution in [0.1, 0.15) is 20.8 Å². The van der Waals surface area contributed by atoms with Crippen LogP contribution in [0, 0.1) is 0 Å². The summed E-state index contributed by atoms with van der Waals surface area (Å²) in [4.78, 5) is 2.37. The third-order valence-corrected chi connectivity index (χ3v) is 2.39. The number of rotatable bonds is 9. The summed E-state index contributed by atoms with van der Waals surface area (Å²) in [5.74, 6) is 0. The molecule has 0 saturated heterocycles. The molecule has 15 heavy (non-hydrogen) atoms. The Morgan fingerprint density at radius 2 is 2.07 bits per heavy atom. The molecule has 0 spiro atoms. The van der Waals surface area contributed by atoms with Gasteiger partial charge in [0.1, 0.15) is 0 Å². The van der Waals surface area contributed by atoms with E-state index in [-0.39, 0.29) is 0 Å². The lowest BCUT2D eigenvalue weighted by molar-refractivity contribution is 0.132. The van der Waals surface area contributed by atoms with Crippen LogP contribution >= 0.6 is 0 Å². The molecule has 0 heterocycles. The Morgan fingerprint density at radius 1 is 1.40 bits per heavy atom. The number of nitrogens with one attached hydrogen (secondary N) is 1. The molecule has 0 fully saturated rings. The quantitative estimate of drug-likeness (QED) is 0.589. The van der Waals surface area contributed by atoms with Crippen LogP contribution < -0.4 is 5.32 Å². The van der Waals surface area contributed by atoms with Crippen molar-refractivity contribution in [2.75, 3.05) is 33.4 Å². The molecule has 0 aromatic carbocycles. The molecule has 0 radical (unpaired) electrons. The van der Waals surface area contributed by atoms with E-state index in [0.717, 1.165) is 26.2 Å². The van der Waals surface area contributed by atoms with Gasteiger partial charge >= 0.3 is 0 Å². The Balaban J connectivity index is 3.91. The molecule has 1 atom stereocenters. The van der Waals surface area contributed by atoms with E-state index in [1.165, 1.54) is 0 Å². The average molecular weight is 214 g/mol. The van der Waals surface area contributed by atoms with Crippen molar-refractivity contribution in [3.63, 3.8) is 0 Å². The van der Waals surface area contributed by atoms with Crippen LogP contribution in [0.2, 0.25) is 0 Å². The Labute approximate surface area is 94.5 Å². The summed E-state index contributed by atoms with van der Waals surface area (Å²) < 4.78 is 5.10. The minimum Gasteiger partial charge on any atom is -0.383 e. The zero-order valence-electron chi connectivity index (χ0n) is 10.6. The third kappa shape index (κ3) is 7.54. The van der Waals surface area contributed by atoms with E-state index in [1.807, 2.05) is 6.08 Å². The van der Waals surface area contributed by atoms with Gasteiger partial charge in [-0.3, -0.25) is 4.90 Å². The number of hydrogen-bond donors (Lipinski definition) is 1. The van der Waals surface area contributed by atoms with E-state index >= 15 is 0 Å². The largest absolute Gasteiger partial charge is 0.383 e. The number of methoxy groups -OCH3 is 1. The predicted molar refractivity (Wildman–Crippen MR) is 66.2 cm³/mol. The monoisotopic (exact) mass is 214 g/mol. The van der Waals surface area contributed by atoms with Crippen LogP contribution in [-0.4, -0.2) is 50.3 Å². The number of hydrogen-bond acceptors (Lipinski definition) is 3. The molecular weight excluding hydrogens is 188 g/mol. The van der Waals surface area contributed by atoms with E-state index in [1.54, 1.807) is 7.11 Å². The Kier molecular flexibility index (Phi) is 8.67. The van der Waals surface area contributed by atoms with Crippen molar-refractivity contribution >= 4 is 0 Å². The first-order chi connectivity index (χ1) is 7.11. The maximum atomic E-state index is 5.10. The summed E-state index contributed by atoms with van der Waals surface area (Å²) in [5.41, 5.74) is 0. The van der Waals surface area contributed by atoms with E-state index in [2.05, 4.69) is 37.6 Å². The molecule has 1 unspecified atom stereocenters. The van der Waals surface area contributed by atoms with E-state index < -0.39 is 0 Å². The summed E-state index contributed by atoms with van der Waals surface area (Å²) in [6, 6.07) is 1.06.